The zero-order valence-electron chi connectivity index (χ0n) is 10.7. The standard InChI is InChI=1S/C14H19IN2O/c1-14(9-16)5-6-17(10-14)13(18)8-11-3-2-4-12(15)7-11/h2-4,7H,5-6,8-10,16H2,1H3. The fraction of sp³-hybridized carbons (Fsp3) is 0.500. The van der Waals surface area contributed by atoms with Crippen LogP contribution in [0.4, 0.5) is 0 Å². The second kappa shape index (κ2) is 5.57. The number of benzene rings is 1. The average molecular weight is 358 g/mol. The quantitative estimate of drug-likeness (QED) is 0.841. The molecule has 18 heavy (non-hydrogen) atoms. The van der Waals surface area contributed by atoms with Gasteiger partial charge in [-0.25, -0.2) is 0 Å². The van der Waals surface area contributed by atoms with Crippen LogP contribution in [0.2, 0.25) is 0 Å². The van der Waals surface area contributed by atoms with Crippen molar-refractivity contribution in [2.24, 2.45) is 11.1 Å². The summed E-state index contributed by atoms with van der Waals surface area (Å²) in [7, 11) is 0. The lowest BCUT2D eigenvalue weighted by molar-refractivity contribution is -0.129. The Morgan fingerprint density at radius 2 is 2.33 bits per heavy atom. The van der Waals surface area contributed by atoms with E-state index in [0.717, 1.165) is 25.1 Å². The third kappa shape index (κ3) is 3.23. The van der Waals surface area contributed by atoms with E-state index < -0.39 is 0 Å². The first-order valence-electron chi connectivity index (χ1n) is 6.25. The summed E-state index contributed by atoms with van der Waals surface area (Å²) in [6, 6.07) is 8.11. The highest BCUT2D eigenvalue weighted by atomic mass is 127. The van der Waals surface area contributed by atoms with E-state index in [0.29, 0.717) is 13.0 Å². The zero-order valence-corrected chi connectivity index (χ0v) is 12.8. The smallest absolute Gasteiger partial charge is 0.227 e. The normalized spacial score (nSPS) is 23.4. The summed E-state index contributed by atoms with van der Waals surface area (Å²) in [5.74, 6) is 0.217. The van der Waals surface area contributed by atoms with E-state index in [1.807, 2.05) is 23.1 Å². The van der Waals surface area contributed by atoms with E-state index in [2.05, 4.69) is 35.6 Å². The molecule has 2 rings (SSSR count). The van der Waals surface area contributed by atoms with Crippen molar-refractivity contribution in [2.45, 2.75) is 19.8 Å². The van der Waals surface area contributed by atoms with Crippen LogP contribution in [0.25, 0.3) is 0 Å². The maximum Gasteiger partial charge on any atom is 0.227 e. The Morgan fingerprint density at radius 1 is 1.56 bits per heavy atom. The fourth-order valence-electron chi connectivity index (χ4n) is 2.34. The van der Waals surface area contributed by atoms with Crippen molar-refractivity contribution in [3.8, 4) is 0 Å². The highest BCUT2D eigenvalue weighted by Crippen LogP contribution is 2.28. The Hall–Kier alpha value is -0.620. The molecule has 1 heterocycles. The minimum absolute atomic E-state index is 0.112. The van der Waals surface area contributed by atoms with Crippen LogP contribution in [-0.2, 0) is 11.2 Å². The maximum atomic E-state index is 12.2. The van der Waals surface area contributed by atoms with Crippen LogP contribution in [0.5, 0.6) is 0 Å². The van der Waals surface area contributed by atoms with E-state index in [1.54, 1.807) is 0 Å². The molecule has 1 fully saturated rings. The first kappa shape index (κ1) is 13.8. The SMILES string of the molecule is CC1(CN)CCN(C(=O)Cc2cccc(I)c2)C1. The van der Waals surface area contributed by atoms with Gasteiger partial charge in [-0.3, -0.25) is 4.79 Å². The van der Waals surface area contributed by atoms with E-state index in [-0.39, 0.29) is 11.3 Å². The van der Waals surface area contributed by atoms with Crippen LogP contribution in [-0.4, -0.2) is 30.4 Å². The number of halogens is 1. The zero-order chi connectivity index (χ0) is 13.2. The third-order valence-electron chi connectivity index (χ3n) is 3.65. The summed E-state index contributed by atoms with van der Waals surface area (Å²) in [6.45, 7) is 4.45. The van der Waals surface area contributed by atoms with Crippen LogP contribution >= 0.6 is 22.6 Å². The molecule has 1 aliphatic rings. The summed E-state index contributed by atoms with van der Waals surface area (Å²) in [6.07, 6.45) is 1.51. The lowest BCUT2D eigenvalue weighted by Gasteiger charge is -2.22. The van der Waals surface area contributed by atoms with Crippen molar-refractivity contribution in [2.75, 3.05) is 19.6 Å². The van der Waals surface area contributed by atoms with Crippen LogP contribution in [0.1, 0.15) is 18.9 Å². The molecule has 1 amide bonds. The van der Waals surface area contributed by atoms with Crippen molar-refractivity contribution in [1.82, 2.24) is 4.90 Å². The highest BCUT2D eigenvalue weighted by Gasteiger charge is 2.34. The number of nitrogens with zero attached hydrogens (tertiary/aromatic N) is 1. The number of hydrogen-bond acceptors (Lipinski definition) is 2. The molecule has 1 aromatic rings. The van der Waals surface area contributed by atoms with Gasteiger partial charge in [0.05, 0.1) is 6.42 Å². The predicted octanol–water partition coefficient (Wildman–Crippen LogP) is 2.03. The Bertz CT molecular complexity index is 449. The number of carbonyl (C=O) groups excluding carboxylic acids is 1. The number of carbonyl (C=O) groups is 1. The molecule has 1 saturated heterocycles. The number of nitrogens with two attached hydrogens (primary N) is 1. The first-order valence-corrected chi connectivity index (χ1v) is 7.33. The molecule has 1 aliphatic heterocycles. The minimum Gasteiger partial charge on any atom is -0.342 e. The van der Waals surface area contributed by atoms with Crippen molar-refractivity contribution in [3.05, 3.63) is 33.4 Å². The predicted molar refractivity (Wildman–Crippen MR) is 81.2 cm³/mol. The number of rotatable bonds is 3. The molecule has 2 N–H and O–H groups in total. The van der Waals surface area contributed by atoms with Crippen molar-refractivity contribution in [3.63, 3.8) is 0 Å². The third-order valence-corrected chi connectivity index (χ3v) is 4.32. The van der Waals surface area contributed by atoms with Crippen LogP contribution < -0.4 is 5.73 Å². The fourth-order valence-corrected chi connectivity index (χ4v) is 2.94. The summed E-state index contributed by atoms with van der Waals surface area (Å²) >= 11 is 2.27. The highest BCUT2D eigenvalue weighted by molar-refractivity contribution is 14.1. The van der Waals surface area contributed by atoms with Gasteiger partial charge in [0.1, 0.15) is 0 Å². The maximum absolute atomic E-state index is 12.2. The van der Waals surface area contributed by atoms with Gasteiger partial charge >= 0.3 is 0 Å². The van der Waals surface area contributed by atoms with Gasteiger partial charge in [-0.2, -0.15) is 0 Å². The second-order valence-corrected chi connectivity index (χ2v) is 6.63. The number of hydrogen-bond donors (Lipinski definition) is 1. The molecule has 1 atom stereocenters. The largest absolute Gasteiger partial charge is 0.342 e. The second-order valence-electron chi connectivity index (χ2n) is 5.39. The Balaban J connectivity index is 1.97. The van der Waals surface area contributed by atoms with Gasteiger partial charge in [0.2, 0.25) is 5.91 Å². The van der Waals surface area contributed by atoms with E-state index in [9.17, 15) is 4.79 Å². The Morgan fingerprint density at radius 3 is 2.94 bits per heavy atom. The van der Waals surface area contributed by atoms with Gasteiger partial charge in [0.15, 0.2) is 0 Å². The topological polar surface area (TPSA) is 46.3 Å². The van der Waals surface area contributed by atoms with Gasteiger partial charge in [-0.15, -0.1) is 0 Å². The lowest BCUT2D eigenvalue weighted by Crippen LogP contribution is -2.35. The lowest BCUT2D eigenvalue weighted by atomic mass is 9.90. The molecule has 0 aliphatic carbocycles. The van der Waals surface area contributed by atoms with Gasteiger partial charge < -0.3 is 10.6 Å². The molecule has 4 heteroatoms. The summed E-state index contributed by atoms with van der Waals surface area (Å²) < 4.78 is 1.17. The van der Waals surface area contributed by atoms with Crippen LogP contribution in [0, 0.1) is 8.99 Å². The first-order chi connectivity index (χ1) is 8.52. The van der Waals surface area contributed by atoms with E-state index >= 15 is 0 Å². The van der Waals surface area contributed by atoms with Crippen molar-refractivity contribution < 1.29 is 4.79 Å². The van der Waals surface area contributed by atoms with Gasteiger partial charge in [0, 0.05) is 16.7 Å². The monoisotopic (exact) mass is 358 g/mol. The average Bonchev–Trinajstić information content (AvgIpc) is 2.73. The molecular weight excluding hydrogens is 339 g/mol. The van der Waals surface area contributed by atoms with Crippen molar-refractivity contribution >= 4 is 28.5 Å². The minimum atomic E-state index is 0.112. The molecule has 1 unspecified atom stereocenters. The number of amides is 1. The summed E-state index contributed by atoms with van der Waals surface area (Å²) in [4.78, 5) is 14.2. The molecule has 0 radical (unpaired) electrons. The van der Waals surface area contributed by atoms with E-state index in [1.165, 1.54) is 3.57 Å². The van der Waals surface area contributed by atoms with E-state index in [4.69, 9.17) is 5.73 Å². The molecule has 1 aromatic carbocycles. The summed E-state index contributed by atoms with van der Waals surface area (Å²) in [5, 5.41) is 0. The molecule has 3 nitrogen and oxygen atoms in total. The van der Waals surface area contributed by atoms with Gasteiger partial charge in [-0.1, -0.05) is 19.1 Å². The van der Waals surface area contributed by atoms with Crippen molar-refractivity contribution in [1.29, 1.82) is 0 Å². The molecular formula is C14H19IN2O. The summed E-state index contributed by atoms with van der Waals surface area (Å²) in [5.41, 5.74) is 6.97. The molecule has 0 aromatic heterocycles. The molecule has 0 saturated carbocycles. The van der Waals surface area contributed by atoms with Crippen LogP contribution in [0.3, 0.4) is 0 Å². The molecule has 0 bridgehead atoms. The van der Waals surface area contributed by atoms with Gasteiger partial charge in [-0.05, 0) is 58.7 Å². The van der Waals surface area contributed by atoms with Crippen LogP contribution in [0.15, 0.2) is 24.3 Å². The number of likely N-dealkylation sites (tertiary alicyclic amines) is 1. The van der Waals surface area contributed by atoms with Gasteiger partial charge in [0.25, 0.3) is 0 Å². The molecule has 98 valence electrons. The Kier molecular flexibility index (Phi) is 4.27. The molecule has 0 spiro atoms. The Labute approximate surface area is 122 Å².